The topological polar surface area (TPSA) is 13.1 Å². The highest BCUT2D eigenvalue weighted by Gasteiger charge is 2.11. The Hall–Kier alpha value is -1.76. The Labute approximate surface area is 139 Å². The van der Waals surface area contributed by atoms with Crippen molar-refractivity contribution in [3.63, 3.8) is 0 Å². The van der Waals surface area contributed by atoms with Crippen LogP contribution < -0.4 is 0 Å². The molecule has 0 amide bonds. The molecule has 2 aromatic carbocycles. The van der Waals surface area contributed by atoms with Gasteiger partial charge in [-0.15, -0.1) is 0 Å². The molecule has 0 spiro atoms. The van der Waals surface area contributed by atoms with E-state index in [-0.39, 0.29) is 0 Å². The molecule has 3 rings (SSSR count). The first-order chi connectivity index (χ1) is 11.1. The van der Waals surface area contributed by atoms with E-state index in [2.05, 4.69) is 57.2 Å². The number of para-hydroxylation sites is 2. The Balaban J connectivity index is 1.71. The lowest BCUT2D eigenvalue weighted by molar-refractivity contribution is 0.436. The quantitative estimate of drug-likeness (QED) is 0.459. The molecule has 1 nitrogen and oxygen atoms in total. The molecule has 0 fully saturated rings. The molecular weight excluding hydrogens is 280 g/mol. The third-order valence-electron chi connectivity index (χ3n) is 4.87. The fraction of sp³-hybridized carbons (Fsp3) is 0.455. The Morgan fingerprint density at radius 1 is 0.826 bits per heavy atom. The van der Waals surface area contributed by atoms with E-state index >= 15 is 0 Å². The number of rotatable bonds is 7. The average molecular weight is 308 g/mol. The summed E-state index contributed by atoms with van der Waals surface area (Å²) >= 11 is 0. The van der Waals surface area contributed by atoms with E-state index in [1.165, 1.54) is 42.0 Å². The lowest BCUT2D eigenvalue weighted by Gasteiger charge is -2.12. The van der Waals surface area contributed by atoms with Crippen LogP contribution in [0.4, 0.5) is 0 Å². The Bertz CT molecular complexity index is 766. The molecule has 1 heterocycles. The standard InChI is InChI=1S/C22H28O/c1-16(2)8-6-9-17(3)14-15-18-10-7-12-20-19-11-4-5-13-21(19)23-22(18)20/h4-5,7,10-13,16-17H,6,8-9,14-15H2,1-3H3. The summed E-state index contributed by atoms with van der Waals surface area (Å²) < 4.78 is 6.13. The fourth-order valence-electron chi connectivity index (χ4n) is 3.42. The molecule has 0 saturated heterocycles. The molecule has 0 aliphatic heterocycles. The molecule has 0 bridgehead atoms. The smallest absolute Gasteiger partial charge is 0.138 e. The summed E-state index contributed by atoms with van der Waals surface area (Å²) in [7, 11) is 0. The van der Waals surface area contributed by atoms with E-state index in [1.54, 1.807) is 0 Å². The van der Waals surface area contributed by atoms with Crippen LogP contribution in [0.2, 0.25) is 0 Å². The third-order valence-corrected chi connectivity index (χ3v) is 4.87. The molecule has 0 N–H and O–H groups in total. The van der Waals surface area contributed by atoms with Crippen molar-refractivity contribution in [3.05, 3.63) is 48.0 Å². The van der Waals surface area contributed by atoms with Crippen LogP contribution in [0.15, 0.2) is 46.9 Å². The largest absolute Gasteiger partial charge is 0.456 e. The highest BCUT2D eigenvalue weighted by molar-refractivity contribution is 6.05. The van der Waals surface area contributed by atoms with Crippen LogP contribution >= 0.6 is 0 Å². The second kappa shape index (κ2) is 7.21. The SMILES string of the molecule is CC(C)CCCC(C)CCc1cccc2c1oc1ccccc12. The fourth-order valence-corrected chi connectivity index (χ4v) is 3.42. The van der Waals surface area contributed by atoms with Crippen LogP contribution in [-0.2, 0) is 6.42 Å². The predicted molar refractivity (Wildman–Crippen MR) is 99.9 cm³/mol. The number of hydrogen-bond acceptors (Lipinski definition) is 1. The van der Waals surface area contributed by atoms with Crippen LogP contribution in [0.3, 0.4) is 0 Å². The lowest BCUT2D eigenvalue weighted by Crippen LogP contribution is -1.99. The van der Waals surface area contributed by atoms with Gasteiger partial charge in [0.05, 0.1) is 0 Å². The van der Waals surface area contributed by atoms with Crippen molar-refractivity contribution >= 4 is 21.9 Å². The summed E-state index contributed by atoms with van der Waals surface area (Å²) in [6.45, 7) is 7.01. The molecule has 0 aliphatic rings. The minimum atomic E-state index is 0.786. The molecule has 1 unspecified atom stereocenters. The van der Waals surface area contributed by atoms with Gasteiger partial charge in [0, 0.05) is 10.8 Å². The monoisotopic (exact) mass is 308 g/mol. The van der Waals surface area contributed by atoms with Gasteiger partial charge in [0.2, 0.25) is 0 Å². The third kappa shape index (κ3) is 3.77. The van der Waals surface area contributed by atoms with Crippen LogP contribution in [-0.4, -0.2) is 0 Å². The summed E-state index contributed by atoms with van der Waals surface area (Å²) in [6, 6.07) is 14.9. The van der Waals surface area contributed by atoms with Gasteiger partial charge >= 0.3 is 0 Å². The molecule has 0 saturated carbocycles. The number of hydrogen-bond donors (Lipinski definition) is 0. The molecule has 1 heteroatoms. The van der Waals surface area contributed by atoms with Crippen LogP contribution in [0.5, 0.6) is 0 Å². The van der Waals surface area contributed by atoms with Crippen molar-refractivity contribution < 1.29 is 4.42 Å². The maximum Gasteiger partial charge on any atom is 0.138 e. The van der Waals surface area contributed by atoms with Crippen molar-refractivity contribution in [3.8, 4) is 0 Å². The second-order valence-corrected chi connectivity index (χ2v) is 7.36. The van der Waals surface area contributed by atoms with Crippen molar-refractivity contribution in [2.45, 2.75) is 52.9 Å². The summed E-state index contributed by atoms with van der Waals surface area (Å²) in [5, 5.41) is 2.49. The summed E-state index contributed by atoms with van der Waals surface area (Å²) in [5.41, 5.74) is 3.44. The maximum atomic E-state index is 6.13. The van der Waals surface area contributed by atoms with Gasteiger partial charge in [0.25, 0.3) is 0 Å². The van der Waals surface area contributed by atoms with E-state index in [4.69, 9.17) is 4.42 Å². The van der Waals surface area contributed by atoms with Crippen LogP contribution in [0, 0.1) is 11.8 Å². The van der Waals surface area contributed by atoms with E-state index in [0.29, 0.717) is 0 Å². The van der Waals surface area contributed by atoms with Gasteiger partial charge in [0.1, 0.15) is 11.2 Å². The van der Waals surface area contributed by atoms with Gasteiger partial charge < -0.3 is 4.42 Å². The van der Waals surface area contributed by atoms with Gasteiger partial charge in [-0.3, -0.25) is 0 Å². The Morgan fingerprint density at radius 2 is 1.61 bits per heavy atom. The zero-order chi connectivity index (χ0) is 16.2. The first kappa shape index (κ1) is 16.1. The molecule has 1 aromatic heterocycles. The molecule has 0 radical (unpaired) electrons. The molecular formula is C22H28O. The Morgan fingerprint density at radius 3 is 2.43 bits per heavy atom. The normalized spacial score (nSPS) is 13.2. The van der Waals surface area contributed by atoms with Gasteiger partial charge in [-0.05, 0) is 36.3 Å². The first-order valence-electron chi connectivity index (χ1n) is 9.04. The molecule has 122 valence electrons. The van der Waals surface area contributed by atoms with E-state index in [9.17, 15) is 0 Å². The summed E-state index contributed by atoms with van der Waals surface area (Å²) in [4.78, 5) is 0. The van der Waals surface area contributed by atoms with Crippen LogP contribution in [0.25, 0.3) is 21.9 Å². The maximum absolute atomic E-state index is 6.13. The molecule has 1 atom stereocenters. The molecule has 23 heavy (non-hydrogen) atoms. The lowest BCUT2D eigenvalue weighted by atomic mass is 9.94. The van der Waals surface area contributed by atoms with Crippen molar-refractivity contribution in [2.24, 2.45) is 11.8 Å². The average Bonchev–Trinajstić information content (AvgIpc) is 2.92. The zero-order valence-corrected chi connectivity index (χ0v) is 14.6. The minimum absolute atomic E-state index is 0.786. The van der Waals surface area contributed by atoms with E-state index in [1.807, 2.05) is 6.07 Å². The Kier molecular flexibility index (Phi) is 5.05. The van der Waals surface area contributed by atoms with E-state index < -0.39 is 0 Å². The highest BCUT2D eigenvalue weighted by Crippen LogP contribution is 2.31. The number of benzene rings is 2. The van der Waals surface area contributed by atoms with Crippen LogP contribution in [0.1, 0.15) is 52.0 Å². The van der Waals surface area contributed by atoms with Gasteiger partial charge in [0.15, 0.2) is 0 Å². The second-order valence-electron chi connectivity index (χ2n) is 7.36. The van der Waals surface area contributed by atoms with Crippen molar-refractivity contribution in [1.29, 1.82) is 0 Å². The first-order valence-corrected chi connectivity index (χ1v) is 9.04. The van der Waals surface area contributed by atoms with Crippen molar-refractivity contribution in [2.75, 3.05) is 0 Å². The summed E-state index contributed by atoms with van der Waals surface area (Å²) in [6.07, 6.45) is 6.40. The van der Waals surface area contributed by atoms with Gasteiger partial charge in [-0.1, -0.05) is 76.4 Å². The van der Waals surface area contributed by atoms with Gasteiger partial charge in [-0.25, -0.2) is 0 Å². The summed E-state index contributed by atoms with van der Waals surface area (Å²) in [5.74, 6) is 1.61. The minimum Gasteiger partial charge on any atom is -0.456 e. The molecule has 3 aromatic rings. The highest BCUT2D eigenvalue weighted by atomic mass is 16.3. The number of furan rings is 1. The zero-order valence-electron chi connectivity index (χ0n) is 14.6. The van der Waals surface area contributed by atoms with Gasteiger partial charge in [-0.2, -0.15) is 0 Å². The van der Waals surface area contributed by atoms with Crippen molar-refractivity contribution in [1.82, 2.24) is 0 Å². The number of aryl methyl sites for hydroxylation is 1. The predicted octanol–water partition coefficient (Wildman–Crippen LogP) is 6.98. The number of fused-ring (bicyclic) bond motifs is 3. The molecule has 0 aliphatic carbocycles. The van der Waals surface area contributed by atoms with E-state index in [0.717, 1.165) is 29.4 Å².